The number of fused-ring (bicyclic) bond motifs is 1. The largest absolute Gasteiger partial charge is 0.496 e. The molecular formula is C21H25Cl2N3O3. The van der Waals surface area contributed by atoms with Crippen molar-refractivity contribution in [2.45, 2.75) is 18.9 Å². The van der Waals surface area contributed by atoms with E-state index in [0.29, 0.717) is 25.3 Å². The van der Waals surface area contributed by atoms with E-state index in [1.165, 1.54) is 0 Å². The van der Waals surface area contributed by atoms with Gasteiger partial charge in [-0.05, 0) is 18.2 Å². The Kier molecular flexibility index (Phi) is 8.32. The molecule has 1 unspecified atom stereocenters. The van der Waals surface area contributed by atoms with Gasteiger partial charge in [-0.15, -0.1) is 24.8 Å². The van der Waals surface area contributed by atoms with Crippen molar-refractivity contribution in [2.75, 3.05) is 26.7 Å². The van der Waals surface area contributed by atoms with Crippen LogP contribution in [0, 0.1) is 0 Å². The van der Waals surface area contributed by atoms with Crippen LogP contribution in [0.25, 0.3) is 11.1 Å². The van der Waals surface area contributed by atoms with Crippen molar-refractivity contribution in [1.82, 2.24) is 15.2 Å². The minimum atomic E-state index is -0.0361. The summed E-state index contributed by atoms with van der Waals surface area (Å²) in [6.45, 7) is 2.18. The van der Waals surface area contributed by atoms with Gasteiger partial charge >= 0.3 is 0 Å². The lowest BCUT2D eigenvalue weighted by Crippen LogP contribution is -2.48. The number of hydrogen-bond donors (Lipinski definition) is 1. The van der Waals surface area contributed by atoms with Crippen molar-refractivity contribution in [3.8, 4) is 5.75 Å². The van der Waals surface area contributed by atoms with Gasteiger partial charge in [0.15, 0.2) is 11.5 Å². The van der Waals surface area contributed by atoms with E-state index in [2.05, 4.69) is 10.3 Å². The van der Waals surface area contributed by atoms with Crippen molar-refractivity contribution in [1.29, 1.82) is 0 Å². The number of ether oxygens (including phenoxy) is 1. The predicted octanol–water partition coefficient (Wildman–Crippen LogP) is 3.79. The molecule has 29 heavy (non-hydrogen) atoms. The van der Waals surface area contributed by atoms with E-state index in [4.69, 9.17) is 9.15 Å². The van der Waals surface area contributed by atoms with Crippen LogP contribution in [0.4, 0.5) is 0 Å². The number of piperazine rings is 1. The molecule has 1 aromatic heterocycles. The number of halogens is 2. The molecule has 4 rings (SSSR count). The van der Waals surface area contributed by atoms with Crippen molar-refractivity contribution in [3.05, 3.63) is 60.0 Å². The number of oxazole rings is 1. The number of hydrogen-bond acceptors (Lipinski definition) is 5. The topological polar surface area (TPSA) is 67.6 Å². The third kappa shape index (κ3) is 5.01. The van der Waals surface area contributed by atoms with E-state index < -0.39 is 0 Å². The molecule has 156 valence electrons. The number of methoxy groups -OCH3 is 1. The van der Waals surface area contributed by atoms with Crippen LogP contribution in [-0.4, -0.2) is 42.5 Å². The quantitative estimate of drug-likeness (QED) is 0.657. The molecule has 1 atom stereocenters. The van der Waals surface area contributed by atoms with Crippen LogP contribution in [-0.2, 0) is 11.2 Å². The third-order valence-electron chi connectivity index (χ3n) is 4.95. The van der Waals surface area contributed by atoms with E-state index in [9.17, 15) is 4.79 Å². The van der Waals surface area contributed by atoms with Gasteiger partial charge in [0, 0.05) is 38.0 Å². The summed E-state index contributed by atoms with van der Waals surface area (Å²) in [6.07, 6.45) is 0.870. The first-order chi connectivity index (χ1) is 13.3. The van der Waals surface area contributed by atoms with Gasteiger partial charge in [-0.25, -0.2) is 4.98 Å². The summed E-state index contributed by atoms with van der Waals surface area (Å²) >= 11 is 0. The number of aryl methyl sites for hydroxylation is 1. The molecule has 2 aromatic carbocycles. The van der Waals surface area contributed by atoms with E-state index in [-0.39, 0.29) is 36.8 Å². The van der Waals surface area contributed by atoms with Gasteiger partial charge in [0.25, 0.3) is 0 Å². The number of nitrogens with one attached hydrogen (secondary N) is 1. The molecule has 0 bridgehead atoms. The number of para-hydroxylation sites is 3. The van der Waals surface area contributed by atoms with E-state index in [0.717, 1.165) is 35.5 Å². The summed E-state index contributed by atoms with van der Waals surface area (Å²) in [4.78, 5) is 19.4. The molecule has 0 radical (unpaired) electrons. The number of carbonyl (C=O) groups is 1. The average Bonchev–Trinajstić information content (AvgIpc) is 3.15. The summed E-state index contributed by atoms with van der Waals surface area (Å²) < 4.78 is 11.2. The first-order valence-corrected chi connectivity index (χ1v) is 9.24. The van der Waals surface area contributed by atoms with Crippen LogP contribution >= 0.6 is 24.8 Å². The average molecular weight is 438 g/mol. The first-order valence-electron chi connectivity index (χ1n) is 9.24. The highest BCUT2D eigenvalue weighted by Crippen LogP contribution is 2.30. The second kappa shape index (κ2) is 10.5. The standard InChI is InChI=1S/C21H23N3O3.2ClH/c1-26-18-8-4-2-6-15(18)17-14-22-12-13-24(17)21(25)11-10-20-23-16-7-3-5-9-19(16)27-20;;/h2-9,17,22H,10-14H2,1H3;2*1H. The molecule has 2 heterocycles. The van der Waals surface area contributed by atoms with Gasteiger partial charge in [0.2, 0.25) is 5.91 Å². The second-order valence-electron chi connectivity index (χ2n) is 6.62. The Morgan fingerprint density at radius 3 is 2.76 bits per heavy atom. The van der Waals surface area contributed by atoms with E-state index in [1.54, 1.807) is 7.11 Å². The molecule has 8 heteroatoms. The van der Waals surface area contributed by atoms with Gasteiger partial charge < -0.3 is 19.4 Å². The third-order valence-corrected chi connectivity index (χ3v) is 4.95. The summed E-state index contributed by atoms with van der Waals surface area (Å²) in [5, 5.41) is 3.38. The van der Waals surface area contributed by atoms with Gasteiger partial charge in [-0.1, -0.05) is 30.3 Å². The number of aromatic nitrogens is 1. The molecule has 0 saturated carbocycles. The van der Waals surface area contributed by atoms with Gasteiger partial charge in [0.05, 0.1) is 13.2 Å². The number of carbonyl (C=O) groups excluding carboxylic acids is 1. The Hall–Kier alpha value is -2.28. The number of amides is 1. The Morgan fingerprint density at radius 1 is 1.21 bits per heavy atom. The lowest BCUT2D eigenvalue weighted by Gasteiger charge is -2.37. The fourth-order valence-corrected chi connectivity index (χ4v) is 3.61. The second-order valence-corrected chi connectivity index (χ2v) is 6.62. The Bertz CT molecular complexity index is 915. The zero-order chi connectivity index (χ0) is 18.6. The maximum absolute atomic E-state index is 13.0. The minimum absolute atomic E-state index is 0. The molecule has 1 N–H and O–H groups in total. The Morgan fingerprint density at radius 2 is 1.97 bits per heavy atom. The maximum Gasteiger partial charge on any atom is 0.223 e. The van der Waals surface area contributed by atoms with Crippen LogP contribution < -0.4 is 10.1 Å². The summed E-state index contributed by atoms with van der Waals surface area (Å²) in [5.41, 5.74) is 2.62. The van der Waals surface area contributed by atoms with Gasteiger partial charge in [0.1, 0.15) is 11.3 Å². The van der Waals surface area contributed by atoms with Crippen LogP contribution in [0.15, 0.2) is 52.9 Å². The number of rotatable bonds is 5. The monoisotopic (exact) mass is 437 g/mol. The van der Waals surface area contributed by atoms with Crippen molar-refractivity contribution < 1.29 is 13.9 Å². The zero-order valence-electron chi connectivity index (χ0n) is 16.2. The lowest BCUT2D eigenvalue weighted by molar-refractivity contribution is -0.134. The summed E-state index contributed by atoms with van der Waals surface area (Å²) in [7, 11) is 1.66. The van der Waals surface area contributed by atoms with Crippen molar-refractivity contribution >= 4 is 41.8 Å². The van der Waals surface area contributed by atoms with E-state index >= 15 is 0 Å². The van der Waals surface area contributed by atoms with Crippen LogP contribution in [0.3, 0.4) is 0 Å². The van der Waals surface area contributed by atoms with Crippen LogP contribution in [0.5, 0.6) is 5.75 Å². The molecule has 0 aliphatic carbocycles. The highest BCUT2D eigenvalue weighted by Gasteiger charge is 2.29. The maximum atomic E-state index is 13.0. The molecule has 1 saturated heterocycles. The Labute approximate surface area is 182 Å². The highest BCUT2D eigenvalue weighted by molar-refractivity contribution is 5.85. The SMILES string of the molecule is COc1ccccc1C1CNCCN1C(=O)CCc1nc2ccccc2o1.Cl.Cl. The smallest absolute Gasteiger partial charge is 0.223 e. The molecule has 1 fully saturated rings. The van der Waals surface area contributed by atoms with Crippen molar-refractivity contribution in [2.24, 2.45) is 0 Å². The molecule has 0 spiro atoms. The Balaban J connectivity index is 0.00000150. The minimum Gasteiger partial charge on any atom is -0.496 e. The fraction of sp³-hybridized carbons (Fsp3) is 0.333. The zero-order valence-corrected chi connectivity index (χ0v) is 17.8. The van der Waals surface area contributed by atoms with Gasteiger partial charge in [-0.3, -0.25) is 4.79 Å². The molecule has 1 amide bonds. The molecular weight excluding hydrogens is 413 g/mol. The number of benzene rings is 2. The first kappa shape index (κ1) is 23.0. The molecule has 6 nitrogen and oxygen atoms in total. The normalized spacial score (nSPS) is 16.0. The van der Waals surface area contributed by atoms with Crippen LogP contribution in [0.1, 0.15) is 23.9 Å². The van der Waals surface area contributed by atoms with Crippen LogP contribution in [0.2, 0.25) is 0 Å². The summed E-state index contributed by atoms with van der Waals surface area (Å²) in [6, 6.07) is 15.5. The van der Waals surface area contributed by atoms with Crippen molar-refractivity contribution in [3.63, 3.8) is 0 Å². The fourth-order valence-electron chi connectivity index (χ4n) is 3.61. The molecule has 3 aromatic rings. The predicted molar refractivity (Wildman–Crippen MR) is 117 cm³/mol. The van der Waals surface area contributed by atoms with E-state index in [1.807, 2.05) is 53.4 Å². The lowest BCUT2D eigenvalue weighted by atomic mass is 10.0. The molecule has 1 aliphatic heterocycles. The summed E-state index contributed by atoms with van der Waals surface area (Å²) in [5.74, 6) is 1.52. The molecule has 1 aliphatic rings. The highest BCUT2D eigenvalue weighted by atomic mass is 35.5. The number of nitrogens with zero attached hydrogens (tertiary/aromatic N) is 2. The van der Waals surface area contributed by atoms with Gasteiger partial charge in [-0.2, -0.15) is 0 Å².